The standard InChI is InChI=1S/C4H10N2O.C2HF3O2/c1-2-3(5)4(6)7;3-2(4,5)1(6)7/h3H,2,5H2,1H3,(H2,6,7);(H,6,7)/t3-;/m1./s1. The first-order chi connectivity index (χ1) is 6.12. The Labute approximate surface area is 77.9 Å². The maximum atomic E-state index is 10.6. The Kier molecular flexibility index (Phi) is 6.71. The average Bonchev–Trinajstić information content (AvgIpc) is 2.02. The SMILES string of the molecule is CC[C@@H](N)C(N)=O.O=C(O)C(F)(F)F. The van der Waals surface area contributed by atoms with Crippen molar-refractivity contribution in [3.8, 4) is 0 Å². The monoisotopic (exact) mass is 216 g/mol. The van der Waals surface area contributed by atoms with Crippen molar-refractivity contribution in [1.29, 1.82) is 0 Å². The highest BCUT2D eigenvalue weighted by molar-refractivity contribution is 5.79. The summed E-state index contributed by atoms with van der Waals surface area (Å²) < 4.78 is 31.7. The van der Waals surface area contributed by atoms with Crippen LogP contribution in [0.4, 0.5) is 13.2 Å². The second-order valence-corrected chi connectivity index (χ2v) is 2.22. The molecule has 0 aromatic heterocycles. The molecule has 0 heterocycles. The molecule has 0 spiro atoms. The van der Waals surface area contributed by atoms with E-state index < -0.39 is 24.1 Å². The summed E-state index contributed by atoms with van der Waals surface area (Å²) in [6.45, 7) is 1.81. The van der Waals surface area contributed by atoms with Crippen LogP contribution in [0.15, 0.2) is 0 Å². The molecule has 14 heavy (non-hydrogen) atoms. The molecule has 1 amide bonds. The molecule has 0 saturated heterocycles. The van der Waals surface area contributed by atoms with Gasteiger partial charge < -0.3 is 16.6 Å². The zero-order valence-corrected chi connectivity index (χ0v) is 7.34. The van der Waals surface area contributed by atoms with Crippen molar-refractivity contribution in [2.75, 3.05) is 0 Å². The van der Waals surface area contributed by atoms with Crippen LogP contribution in [-0.4, -0.2) is 29.2 Å². The number of carbonyl (C=O) groups excluding carboxylic acids is 1. The van der Waals surface area contributed by atoms with E-state index in [1.165, 1.54) is 0 Å². The van der Waals surface area contributed by atoms with Gasteiger partial charge in [-0.15, -0.1) is 0 Å². The van der Waals surface area contributed by atoms with Crippen molar-refractivity contribution in [1.82, 2.24) is 0 Å². The van der Waals surface area contributed by atoms with Crippen molar-refractivity contribution in [3.05, 3.63) is 0 Å². The Morgan fingerprint density at radius 2 is 1.71 bits per heavy atom. The molecule has 0 aromatic carbocycles. The van der Waals surface area contributed by atoms with E-state index in [2.05, 4.69) is 0 Å². The van der Waals surface area contributed by atoms with Gasteiger partial charge in [-0.05, 0) is 6.42 Å². The molecule has 0 aliphatic carbocycles. The number of nitrogens with two attached hydrogens (primary N) is 2. The summed E-state index contributed by atoms with van der Waals surface area (Å²) in [7, 11) is 0. The lowest BCUT2D eigenvalue weighted by molar-refractivity contribution is -0.192. The Morgan fingerprint density at radius 3 is 1.71 bits per heavy atom. The van der Waals surface area contributed by atoms with E-state index >= 15 is 0 Å². The molecule has 0 aliphatic rings. The average molecular weight is 216 g/mol. The first-order valence-electron chi connectivity index (χ1n) is 3.47. The fourth-order valence-corrected chi connectivity index (χ4v) is 0.201. The van der Waals surface area contributed by atoms with Gasteiger partial charge in [-0.1, -0.05) is 6.92 Å². The number of carboxylic acids is 1. The van der Waals surface area contributed by atoms with Gasteiger partial charge in [-0.25, -0.2) is 4.79 Å². The summed E-state index contributed by atoms with van der Waals surface area (Å²) >= 11 is 0. The number of aliphatic carboxylic acids is 1. The maximum Gasteiger partial charge on any atom is 0.490 e. The lowest BCUT2D eigenvalue weighted by Gasteiger charge is -1.98. The molecule has 0 radical (unpaired) electrons. The number of rotatable bonds is 2. The van der Waals surface area contributed by atoms with Crippen LogP contribution in [0, 0.1) is 0 Å². The van der Waals surface area contributed by atoms with Gasteiger partial charge in [0.2, 0.25) is 5.91 Å². The zero-order chi connectivity index (χ0) is 11.9. The van der Waals surface area contributed by atoms with Gasteiger partial charge in [-0.2, -0.15) is 13.2 Å². The molecule has 0 fully saturated rings. The number of halogens is 3. The van der Waals surface area contributed by atoms with Gasteiger partial charge in [0.15, 0.2) is 0 Å². The molecule has 0 aliphatic heterocycles. The summed E-state index contributed by atoms with van der Waals surface area (Å²) in [6, 6.07) is -0.458. The van der Waals surface area contributed by atoms with Crippen LogP contribution in [0.25, 0.3) is 0 Å². The van der Waals surface area contributed by atoms with Crippen LogP contribution in [0.2, 0.25) is 0 Å². The van der Waals surface area contributed by atoms with Crippen LogP contribution < -0.4 is 11.5 Å². The molecule has 0 aromatic rings. The largest absolute Gasteiger partial charge is 0.490 e. The fourth-order valence-electron chi connectivity index (χ4n) is 0.201. The van der Waals surface area contributed by atoms with Crippen molar-refractivity contribution in [2.24, 2.45) is 11.5 Å². The van der Waals surface area contributed by atoms with Crippen LogP contribution >= 0.6 is 0 Å². The summed E-state index contributed by atoms with van der Waals surface area (Å²) in [5, 5.41) is 7.12. The number of alkyl halides is 3. The number of amides is 1. The Balaban J connectivity index is 0. The number of carbonyl (C=O) groups is 2. The van der Waals surface area contributed by atoms with Crippen LogP contribution in [0.1, 0.15) is 13.3 Å². The van der Waals surface area contributed by atoms with Crippen molar-refractivity contribution in [2.45, 2.75) is 25.6 Å². The minimum absolute atomic E-state index is 0.428. The minimum atomic E-state index is -5.08. The van der Waals surface area contributed by atoms with E-state index in [1.54, 1.807) is 0 Å². The molecular weight excluding hydrogens is 205 g/mol. The first kappa shape index (κ1) is 15.2. The molecule has 0 unspecified atom stereocenters. The molecule has 0 rings (SSSR count). The van der Waals surface area contributed by atoms with Gasteiger partial charge >= 0.3 is 12.1 Å². The molecule has 0 bridgehead atoms. The molecule has 5 nitrogen and oxygen atoms in total. The van der Waals surface area contributed by atoms with E-state index in [4.69, 9.17) is 21.4 Å². The van der Waals surface area contributed by atoms with Crippen molar-refractivity contribution < 1.29 is 27.9 Å². The van der Waals surface area contributed by atoms with Crippen LogP contribution in [0.5, 0.6) is 0 Å². The third-order valence-electron chi connectivity index (χ3n) is 1.05. The van der Waals surface area contributed by atoms with Gasteiger partial charge in [0, 0.05) is 0 Å². The van der Waals surface area contributed by atoms with Crippen molar-refractivity contribution >= 4 is 11.9 Å². The topological polar surface area (TPSA) is 106 Å². The minimum Gasteiger partial charge on any atom is -0.475 e. The summed E-state index contributed by atoms with van der Waals surface area (Å²) in [6.07, 6.45) is -4.46. The Morgan fingerprint density at radius 1 is 1.43 bits per heavy atom. The first-order valence-corrected chi connectivity index (χ1v) is 3.47. The second-order valence-electron chi connectivity index (χ2n) is 2.22. The number of hydrogen-bond donors (Lipinski definition) is 3. The fraction of sp³-hybridized carbons (Fsp3) is 0.667. The molecule has 0 saturated carbocycles. The highest BCUT2D eigenvalue weighted by Crippen LogP contribution is 2.13. The van der Waals surface area contributed by atoms with E-state index in [1.807, 2.05) is 6.92 Å². The van der Waals surface area contributed by atoms with Gasteiger partial charge in [0.1, 0.15) is 0 Å². The van der Waals surface area contributed by atoms with E-state index in [0.717, 1.165) is 0 Å². The third-order valence-corrected chi connectivity index (χ3v) is 1.05. The van der Waals surface area contributed by atoms with Gasteiger partial charge in [-0.3, -0.25) is 4.79 Å². The summed E-state index contributed by atoms with van der Waals surface area (Å²) in [4.78, 5) is 18.9. The lowest BCUT2D eigenvalue weighted by Crippen LogP contribution is -2.35. The smallest absolute Gasteiger partial charge is 0.475 e. The maximum absolute atomic E-state index is 10.6. The quantitative estimate of drug-likeness (QED) is 0.596. The predicted molar refractivity (Wildman–Crippen MR) is 41.2 cm³/mol. The summed E-state index contributed by atoms with van der Waals surface area (Å²) in [5.41, 5.74) is 9.92. The molecule has 84 valence electrons. The molecular formula is C6H11F3N2O3. The number of primary amides is 1. The lowest BCUT2D eigenvalue weighted by atomic mass is 10.2. The van der Waals surface area contributed by atoms with Gasteiger partial charge in [0.25, 0.3) is 0 Å². The van der Waals surface area contributed by atoms with Crippen molar-refractivity contribution in [3.63, 3.8) is 0 Å². The molecule has 1 atom stereocenters. The zero-order valence-electron chi connectivity index (χ0n) is 7.34. The highest BCUT2D eigenvalue weighted by Gasteiger charge is 2.38. The van der Waals surface area contributed by atoms with Crippen LogP contribution in [-0.2, 0) is 9.59 Å². The third kappa shape index (κ3) is 8.78. The predicted octanol–water partition coefficient (Wildman–Crippen LogP) is -0.158. The van der Waals surface area contributed by atoms with Crippen LogP contribution in [0.3, 0.4) is 0 Å². The normalized spacial score (nSPS) is 12.4. The number of hydrogen-bond acceptors (Lipinski definition) is 3. The summed E-state index contributed by atoms with van der Waals surface area (Å²) in [5.74, 6) is -3.19. The van der Waals surface area contributed by atoms with E-state index in [9.17, 15) is 18.0 Å². The Bertz CT molecular complexity index is 205. The Hall–Kier alpha value is -1.31. The number of carboxylic acid groups (broad SMARTS) is 1. The van der Waals surface area contributed by atoms with Gasteiger partial charge in [0.05, 0.1) is 6.04 Å². The second kappa shape index (κ2) is 6.19. The molecule has 5 N–H and O–H groups in total. The van der Waals surface area contributed by atoms with E-state index in [-0.39, 0.29) is 0 Å². The van der Waals surface area contributed by atoms with E-state index in [0.29, 0.717) is 6.42 Å². The highest BCUT2D eigenvalue weighted by atomic mass is 19.4. The molecule has 8 heteroatoms.